The van der Waals surface area contributed by atoms with Gasteiger partial charge in [-0.3, -0.25) is 0 Å². The zero-order chi connectivity index (χ0) is 11.7. The van der Waals surface area contributed by atoms with E-state index in [2.05, 4.69) is 38.0 Å². The van der Waals surface area contributed by atoms with Crippen LogP contribution in [0, 0.1) is 25.7 Å². The van der Waals surface area contributed by atoms with Crippen LogP contribution in [0.4, 0.5) is 0 Å². The molecule has 1 aromatic heterocycles. The summed E-state index contributed by atoms with van der Waals surface area (Å²) in [5.41, 5.74) is 1.20. The molecule has 3 heteroatoms. The Hall–Kier alpha value is -0.410. The third-order valence-electron chi connectivity index (χ3n) is 3.99. The number of nitrogens with one attached hydrogen (secondary N) is 1. The Kier molecular flexibility index (Phi) is 3.65. The van der Waals surface area contributed by atoms with Gasteiger partial charge < -0.3 is 5.32 Å². The molecule has 1 aliphatic carbocycles. The van der Waals surface area contributed by atoms with Crippen LogP contribution in [-0.4, -0.2) is 11.0 Å². The third-order valence-corrected chi connectivity index (χ3v) is 5.06. The van der Waals surface area contributed by atoms with Gasteiger partial charge in [-0.1, -0.05) is 13.8 Å². The van der Waals surface area contributed by atoms with E-state index in [1.807, 2.05) is 11.3 Å². The second kappa shape index (κ2) is 4.84. The van der Waals surface area contributed by atoms with Crippen LogP contribution in [0.2, 0.25) is 0 Å². The van der Waals surface area contributed by atoms with Crippen LogP contribution in [-0.2, 0) is 6.54 Å². The van der Waals surface area contributed by atoms with Crippen molar-refractivity contribution < 1.29 is 0 Å². The summed E-state index contributed by atoms with van der Waals surface area (Å²) in [5.74, 6) is 1.69. The fraction of sp³-hybridized carbons (Fsp3) is 0.769. The van der Waals surface area contributed by atoms with Gasteiger partial charge in [-0.25, -0.2) is 4.98 Å². The quantitative estimate of drug-likeness (QED) is 0.874. The topological polar surface area (TPSA) is 24.9 Å². The molecule has 0 aromatic carbocycles. The molecule has 0 saturated heterocycles. The van der Waals surface area contributed by atoms with Gasteiger partial charge in [0, 0.05) is 17.5 Å². The zero-order valence-electron chi connectivity index (χ0n) is 10.7. The molecule has 1 aromatic rings. The highest BCUT2D eigenvalue weighted by molar-refractivity contribution is 7.11. The lowest BCUT2D eigenvalue weighted by Gasteiger charge is -2.19. The molecular formula is C13H22N2S. The Bertz CT molecular complexity index is 359. The van der Waals surface area contributed by atoms with Crippen LogP contribution in [0.15, 0.2) is 0 Å². The van der Waals surface area contributed by atoms with E-state index < -0.39 is 0 Å². The van der Waals surface area contributed by atoms with Gasteiger partial charge >= 0.3 is 0 Å². The first-order valence-electron chi connectivity index (χ1n) is 6.24. The molecule has 1 fully saturated rings. The van der Waals surface area contributed by atoms with E-state index >= 15 is 0 Å². The molecule has 2 nitrogen and oxygen atoms in total. The van der Waals surface area contributed by atoms with Crippen molar-refractivity contribution in [3.63, 3.8) is 0 Å². The molecule has 3 atom stereocenters. The van der Waals surface area contributed by atoms with Gasteiger partial charge in [0.25, 0.3) is 0 Å². The van der Waals surface area contributed by atoms with E-state index in [1.54, 1.807) is 0 Å². The average Bonchev–Trinajstić information content (AvgIpc) is 2.70. The maximum Gasteiger partial charge on any atom is 0.0900 e. The Balaban J connectivity index is 1.90. The van der Waals surface area contributed by atoms with Crippen molar-refractivity contribution in [3.8, 4) is 0 Å². The first kappa shape index (κ1) is 12.1. The van der Waals surface area contributed by atoms with Crippen LogP contribution in [0.25, 0.3) is 0 Å². The molecule has 1 heterocycles. The lowest BCUT2D eigenvalue weighted by molar-refractivity contribution is 0.370. The fourth-order valence-corrected chi connectivity index (χ4v) is 3.50. The van der Waals surface area contributed by atoms with Crippen molar-refractivity contribution in [3.05, 3.63) is 15.6 Å². The van der Waals surface area contributed by atoms with E-state index in [0.717, 1.165) is 18.4 Å². The predicted molar refractivity (Wildman–Crippen MR) is 69.8 cm³/mol. The molecule has 0 spiro atoms. The second-order valence-electron chi connectivity index (χ2n) is 5.14. The van der Waals surface area contributed by atoms with Gasteiger partial charge in [0.2, 0.25) is 0 Å². The molecule has 0 radical (unpaired) electrons. The Morgan fingerprint density at radius 1 is 1.31 bits per heavy atom. The molecule has 0 amide bonds. The predicted octanol–water partition coefficient (Wildman–Crippen LogP) is 3.28. The van der Waals surface area contributed by atoms with Crippen molar-refractivity contribution in [1.82, 2.24) is 10.3 Å². The number of hydrogen-bond donors (Lipinski definition) is 1. The van der Waals surface area contributed by atoms with Gasteiger partial charge in [-0.2, -0.15) is 0 Å². The molecule has 90 valence electrons. The largest absolute Gasteiger partial charge is 0.309 e. The molecular weight excluding hydrogens is 216 g/mol. The van der Waals surface area contributed by atoms with Gasteiger partial charge in [0.15, 0.2) is 0 Å². The van der Waals surface area contributed by atoms with E-state index in [-0.39, 0.29) is 0 Å². The highest BCUT2D eigenvalue weighted by atomic mass is 32.1. The number of thiazole rings is 1. The van der Waals surface area contributed by atoms with Gasteiger partial charge in [0.1, 0.15) is 0 Å². The number of aryl methyl sites for hydroxylation is 2. The van der Waals surface area contributed by atoms with Crippen molar-refractivity contribution in [2.75, 3.05) is 0 Å². The lowest BCUT2D eigenvalue weighted by atomic mass is 9.98. The summed E-state index contributed by atoms with van der Waals surface area (Å²) >= 11 is 1.83. The number of nitrogens with zero attached hydrogens (tertiary/aromatic N) is 1. The monoisotopic (exact) mass is 238 g/mol. The van der Waals surface area contributed by atoms with E-state index in [4.69, 9.17) is 0 Å². The first-order chi connectivity index (χ1) is 7.58. The van der Waals surface area contributed by atoms with Crippen molar-refractivity contribution in [2.24, 2.45) is 11.8 Å². The molecule has 0 bridgehead atoms. The Morgan fingerprint density at radius 3 is 2.56 bits per heavy atom. The van der Waals surface area contributed by atoms with Gasteiger partial charge in [-0.05, 0) is 38.5 Å². The SMILES string of the molecule is Cc1nc(C)c(CNC2CCC(C)C2C)s1. The molecule has 1 aliphatic rings. The highest BCUT2D eigenvalue weighted by Crippen LogP contribution is 2.31. The molecule has 16 heavy (non-hydrogen) atoms. The summed E-state index contributed by atoms with van der Waals surface area (Å²) < 4.78 is 0. The molecule has 0 aliphatic heterocycles. The normalized spacial score (nSPS) is 29.9. The summed E-state index contributed by atoms with van der Waals surface area (Å²) in [6.45, 7) is 9.94. The average molecular weight is 238 g/mol. The van der Waals surface area contributed by atoms with Crippen LogP contribution in [0.5, 0.6) is 0 Å². The van der Waals surface area contributed by atoms with Crippen molar-refractivity contribution >= 4 is 11.3 Å². The summed E-state index contributed by atoms with van der Waals surface area (Å²) in [6, 6.07) is 0.705. The number of hydrogen-bond acceptors (Lipinski definition) is 3. The molecule has 2 rings (SSSR count). The summed E-state index contributed by atoms with van der Waals surface area (Å²) in [5, 5.41) is 4.89. The summed E-state index contributed by atoms with van der Waals surface area (Å²) in [7, 11) is 0. The van der Waals surface area contributed by atoms with E-state index in [0.29, 0.717) is 6.04 Å². The molecule has 3 unspecified atom stereocenters. The van der Waals surface area contributed by atoms with Crippen LogP contribution < -0.4 is 5.32 Å². The fourth-order valence-electron chi connectivity index (χ4n) is 2.61. The van der Waals surface area contributed by atoms with Crippen molar-refractivity contribution in [1.29, 1.82) is 0 Å². The third kappa shape index (κ3) is 2.46. The van der Waals surface area contributed by atoms with Crippen LogP contribution in [0.1, 0.15) is 42.3 Å². The molecule has 1 saturated carbocycles. The lowest BCUT2D eigenvalue weighted by Crippen LogP contribution is -2.31. The van der Waals surface area contributed by atoms with Gasteiger partial charge in [-0.15, -0.1) is 11.3 Å². The minimum atomic E-state index is 0.705. The maximum atomic E-state index is 4.47. The maximum absolute atomic E-state index is 4.47. The van der Waals surface area contributed by atoms with Crippen LogP contribution >= 0.6 is 11.3 Å². The first-order valence-corrected chi connectivity index (χ1v) is 7.06. The number of rotatable bonds is 3. The summed E-state index contributed by atoms with van der Waals surface area (Å²) in [6.07, 6.45) is 2.71. The highest BCUT2D eigenvalue weighted by Gasteiger charge is 2.29. The second-order valence-corrected chi connectivity index (χ2v) is 6.43. The Labute approximate surface area is 102 Å². The standard InChI is InChI=1S/C13H22N2S/c1-8-5-6-12(9(8)2)14-7-13-10(3)15-11(4)16-13/h8-9,12,14H,5-7H2,1-4H3. The minimum absolute atomic E-state index is 0.705. The van der Waals surface area contributed by atoms with Crippen molar-refractivity contribution in [2.45, 2.75) is 53.1 Å². The minimum Gasteiger partial charge on any atom is -0.309 e. The summed E-state index contributed by atoms with van der Waals surface area (Å²) in [4.78, 5) is 5.88. The van der Waals surface area contributed by atoms with Gasteiger partial charge in [0.05, 0.1) is 10.7 Å². The van der Waals surface area contributed by atoms with E-state index in [9.17, 15) is 0 Å². The Morgan fingerprint density at radius 2 is 2.06 bits per heavy atom. The smallest absolute Gasteiger partial charge is 0.0900 e. The number of aromatic nitrogens is 1. The van der Waals surface area contributed by atoms with Crippen LogP contribution in [0.3, 0.4) is 0 Å². The van der Waals surface area contributed by atoms with E-state index in [1.165, 1.54) is 28.4 Å². The zero-order valence-corrected chi connectivity index (χ0v) is 11.5. The molecule has 1 N–H and O–H groups in total.